The Balaban J connectivity index is 1.56. The van der Waals surface area contributed by atoms with Crippen LogP contribution in [-0.4, -0.2) is 29.1 Å². The molecule has 4 nitrogen and oxygen atoms in total. The Morgan fingerprint density at radius 2 is 2.00 bits per heavy atom. The molecule has 2 fully saturated rings. The van der Waals surface area contributed by atoms with Gasteiger partial charge in [-0.3, -0.25) is 9.78 Å². The summed E-state index contributed by atoms with van der Waals surface area (Å²) in [5.41, 5.74) is 1.85. The molecule has 2 aliphatic rings. The summed E-state index contributed by atoms with van der Waals surface area (Å²) in [5.74, 6) is 0.485. The molecular weight excluding hydrogens is 295 g/mol. The Morgan fingerprint density at radius 3 is 2.70 bits per heavy atom. The number of carbonyl (C=O) groups is 1. The van der Waals surface area contributed by atoms with Gasteiger partial charge in [0.2, 0.25) is 0 Å². The molecule has 1 aromatic carbocycles. The third-order valence-electron chi connectivity index (χ3n) is 5.33. The highest BCUT2D eigenvalue weighted by atomic mass is 19.1. The molecule has 5 heteroatoms. The van der Waals surface area contributed by atoms with Gasteiger partial charge in [0, 0.05) is 36.8 Å². The van der Waals surface area contributed by atoms with Crippen molar-refractivity contribution in [1.29, 1.82) is 0 Å². The summed E-state index contributed by atoms with van der Waals surface area (Å²) in [5, 5.41) is 9.81. The van der Waals surface area contributed by atoms with Crippen molar-refractivity contribution in [3.63, 3.8) is 0 Å². The molecular formula is C18H19FN2O2. The van der Waals surface area contributed by atoms with Crippen molar-refractivity contribution in [2.24, 2.45) is 17.8 Å². The van der Waals surface area contributed by atoms with Crippen LogP contribution in [0.1, 0.15) is 19.3 Å². The minimum atomic E-state index is -0.692. The van der Waals surface area contributed by atoms with Gasteiger partial charge in [-0.2, -0.15) is 0 Å². The van der Waals surface area contributed by atoms with Crippen LogP contribution in [0.5, 0.6) is 0 Å². The number of nitrogens with zero attached hydrogens (tertiary/aromatic N) is 2. The molecule has 2 aromatic rings. The molecule has 3 atom stereocenters. The number of aliphatic carboxylic acids is 1. The number of aromatic nitrogens is 1. The van der Waals surface area contributed by atoms with Gasteiger partial charge in [-0.25, -0.2) is 4.39 Å². The van der Waals surface area contributed by atoms with Crippen LogP contribution < -0.4 is 4.90 Å². The number of rotatable bonds is 3. The lowest BCUT2D eigenvalue weighted by molar-refractivity contribution is -0.138. The topological polar surface area (TPSA) is 53.4 Å². The molecule has 1 saturated carbocycles. The van der Waals surface area contributed by atoms with E-state index in [1.54, 1.807) is 18.3 Å². The summed E-state index contributed by atoms with van der Waals surface area (Å²) in [7, 11) is 0. The van der Waals surface area contributed by atoms with E-state index in [1.165, 1.54) is 6.07 Å². The van der Waals surface area contributed by atoms with Crippen LogP contribution in [0.15, 0.2) is 30.5 Å². The Hall–Kier alpha value is -2.17. The van der Waals surface area contributed by atoms with Crippen LogP contribution in [-0.2, 0) is 4.79 Å². The van der Waals surface area contributed by atoms with E-state index in [1.807, 2.05) is 6.07 Å². The Kier molecular flexibility index (Phi) is 3.43. The molecule has 0 radical (unpaired) electrons. The first-order chi connectivity index (χ1) is 11.1. The van der Waals surface area contributed by atoms with Crippen molar-refractivity contribution >= 4 is 22.6 Å². The maximum Gasteiger partial charge on any atom is 0.303 e. The second kappa shape index (κ2) is 5.48. The fourth-order valence-electron chi connectivity index (χ4n) is 4.42. The Bertz CT molecular complexity index is 750. The van der Waals surface area contributed by atoms with Crippen molar-refractivity contribution in [2.45, 2.75) is 19.3 Å². The van der Waals surface area contributed by atoms with Crippen molar-refractivity contribution in [3.05, 3.63) is 36.3 Å². The summed E-state index contributed by atoms with van der Waals surface area (Å²) in [6.07, 6.45) is 4.04. The van der Waals surface area contributed by atoms with E-state index in [-0.39, 0.29) is 12.2 Å². The monoisotopic (exact) mass is 314 g/mol. The zero-order valence-electron chi connectivity index (χ0n) is 12.8. The molecule has 1 unspecified atom stereocenters. The van der Waals surface area contributed by atoms with E-state index in [2.05, 4.69) is 9.88 Å². The Morgan fingerprint density at radius 1 is 1.26 bits per heavy atom. The van der Waals surface area contributed by atoms with Crippen molar-refractivity contribution < 1.29 is 14.3 Å². The molecule has 1 aliphatic heterocycles. The van der Waals surface area contributed by atoms with Gasteiger partial charge in [0.25, 0.3) is 0 Å². The predicted octanol–water partition coefficient (Wildman–Crippen LogP) is 3.31. The summed E-state index contributed by atoms with van der Waals surface area (Å²) in [6.45, 7) is 1.85. The maximum absolute atomic E-state index is 13.6. The van der Waals surface area contributed by atoms with Gasteiger partial charge in [-0.15, -0.1) is 0 Å². The van der Waals surface area contributed by atoms with Gasteiger partial charge in [0.15, 0.2) is 0 Å². The first kappa shape index (κ1) is 14.4. The van der Waals surface area contributed by atoms with Gasteiger partial charge < -0.3 is 10.0 Å². The van der Waals surface area contributed by atoms with E-state index in [9.17, 15) is 9.18 Å². The average Bonchev–Trinajstić information content (AvgIpc) is 3.04. The van der Waals surface area contributed by atoms with Crippen LogP contribution in [0.4, 0.5) is 10.1 Å². The summed E-state index contributed by atoms with van der Waals surface area (Å²) in [6, 6.07) is 6.67. The van der Waals surface area contributed by atoms with Crippen molar-refractivity contribution in [3.8, 4) is 0 Å². The quantitative estimate of drug-likeness (QED) is 0.944. The number of carboxylic acid groups (broad SMARTS) is 1. The minimum Gasteiger partial charge on any atom is -0.481 e. The number of benzene rings is 1. The van der Waals surface area contributed by atoms with Crippen LogP contribution in [0.2, 0.25) is 0 Å². The Labute approximate surface area is 133 Å². The van der Waals surface area contributed by atoms with Gasteiger partial charge in [-0.05, 0) is 54.9 Å². The van der Waals surface area contributed by atoms with Gasteiger partial charge in [0.05, 0.1) is 5.52 Å². The molecule has 4 rings (SSSR count). The van der Waals surface area contributed by atoms with Gasteiger partial charge in [0.1, 0.15) is 5.82 Å². The third kappa shape index (κ3) is 2.64. The second-order valence-electron chi connectivity index (χ2n) is 6.85. The molecule has 120 valence electrons. The number of halogens is 1. The van der Waals surface area contributed by atoms with E-state index in [0.29, 0.717) is 17.8 Å². The van der Waals surface area contributed by atoms with Crippen LogP contribution in [0, 0.1) is 23.6 Å². The zero-order valence-corrected chi connectivity index (χ0v) is 12.8. The highest BCUT2D eigenvalue weighted by Crippen LogP contribution is 2.44. The molecule has 1 aliphatic carbocycles. The highest BCUT2D eigenvalue weighted by molar-refractivity contribution is 5.91. The number of hydrogen-bond donors (Lipinski definition) is 1. The summed E-state index contributed by atoms with van der Waals surface area (Å²) >= 11 is 0. The SMILES string of the molecule is O=C(O)CC1C[C@@H]2CN(c3ccnc4ccc(F)cc34)C[C@@H]2C1. The number of carboxylic acids is 1. The van der Waals surface area contributed by atoms with Crippen LogP contribution in [0.3, 0.4) is 0 Å². The lowest BCUT2D eigenvalue weighted by atomic mass is 10.0. The van der Waals surface area contributed by atoms with E-state index >= 15 is 0 Å². The smallest absolute Gasteiger partial charge is 0.303 e. The fourth-order valence-corrected chi connectivity index (χ4v) is 4.42. The molecule has 1 N–H and O–H groups in total. The molecule has 0 spiro atoms. The van der Waals surface area contributed by atoms with Crippen LogP contribution in [0.25, 0.3) is 10.9 Å². The van der Waals surface area contributed by atoms with E-state index in [4.69, 9.17) is 5.11 Å². The maximum atomic E-state index is 13.6. The molecule has 23 heavy (non-hydrogen) atoms. The average molecular weight is 314 g/mol. The summed E-state index contributed by atoms with van der Waals surface area (Å²) < 4.78 is 13.6. The third-order valence-corrected chi connectivity index (χ3v) is 5.33. The standard InChI is InChI=1S/C18H19FN2O2/c19-14-1-2-16-15(8-14)17(3-4-20-16)21-9-12-5-11(7-18(22)23)6-13(12)10-21/h1-4,8,11-13H,5-7,9-10H2,(H,22,23)/t11?,12-,13+. The molecule has 2 heterocycles. The number of pyridine rings is 1. The first-order valence-corrected chi connectivity index (χ1v) is 8.11. The lowest BCUT2D eigenvalue weighted by Gasteiger charge is -2.22. The molecule has 0 bridgehead atoms. The molecule has 0 amide bonds. The van der Waals surface area contributed by atoms with Gasteiger partial charge >= 0.3 is 5.97 Å². The van der Waals surface area contributed by atoms with E-state index in [0.717, 1.165) is 42.5 Å². The second-order valence-corrected chi connectivity index (χ2v) is 6.85. The molecule has 1 aromatic heterocycles. The normalized spacial score (nSPS) is 26.7. The van der Waals surface area contributed by atoms with E-state index < -0.39 is 5.97 Å². The van der Waals surface area contributed by atoms with Crippen LogP contribution >= 0.6 is 0 Å². The number of anilines is 1. The minimum absolute atomic E-state index is 0.243. The largest absolute Gasteiger partial charge is 0.481 e. The highest BCUT2D eigenvalue weighted by Gasteiger charge is 2.41. The number of hydrogen-bond acceptors (Lipinski definition) is 3. The first-order valence-electron chi connectivity index (χ1n) is 8.11. The summed E-state index contributed by atoms with van der Waals surface area (Å²) in [4.78, 5) is 17.5. The predicted molar refractivity (Wildman–Crippen MR) is 85.9 cm³/mol. The lowest BCUT2D eigenvalue weighted by Crippen LogP contribution is -2.22. The molecule has 1 saturated heterocycles. The fraction of sp³-hybridized carbons (Fsp3) is 0.444. The van der Waals surface area contributed by atoms with Gasteiger partial charge in [-0.1, -0.05) is 0 Å². The zero-order chi connectivity index (χ0) is 16.0. The number of fused-ring (bicyclic) bond motifs is 2. The van der Waals surface area contributed by atoms with Crippen molar-refractivity contribution in [1.82, 2.24) is 4.98 Å². The van der Waals surface area contributed by atoms with Crippen molar-refractivity contribution in [2.75, 3.05) is 18.0 Å².